The summed E-state index contributed by atoms with van der Waals surface area (Å²) in [7, 11) is 1.70. The summed E-state index contributed by atoms with van der Waals surface area (Å²) in [6, 6.07) is 16.7. The van der Waals surface area contributed by atoms with Crippen molar-refractivity contribution in [2.24, 2.45) is 11.8 Å². The van der Waals surface area contributed by atoms with Crippen molar-refractivity contribution in [3.63, 3.8) is 0 Å². The lowest BCUT2D eigenvalue weighted by molar-refractivity contribution is -0.0491. The topological polar surface area (TPSA) is 60.4 Å². The minimum Gasteiger partial charge on any atom is -0.497 e. The summed E-state index contributed by atoms with van der Waals surface area (Å²) in [4.78, 5) is 7.28. The highest BCUT2D eigenvalue weighted by Gasteiger charge is 2.44. The number of rotatable bonds is 6. The summed E-state index contributed by atoms with van der Waals surface area (Å²) in [5.74, 6) is 2.93. The molecule has 2 bridgehead atoms. The van der Waals surface area contributed by atoms with Crippen molar-refractivity contribution < 1.29 is 9.47 Å². The number of hydrogen-bond acceptors (Lipinski definition) is 6. The second-order valence-electron chi connectivity index (χ2n) is 9.97. The number of ether oxygens (including phenoxy) is 2. The zero-order valence-electron chi connectivity index (χ0n) is 20.6. The average Bonchev–Trinajstić information content (AvgIpc) is 2.92. The van der Waals surface area contributed by atoms with Crippen molar-refractivity contribution in [1.82, 2.24) is 20.1 Å². The van der Waals surface area contributed by atoms with Crippen LogP contribution in [0.1, 0.15) is 43.5 Å². The van der Waals surface area contributed by atoms with Crippen molar-refractivity contribution in [2.75, 3.05) is 20.2 Å². The first kappa shape index (κ1) is 22.2. The van der Waals surface area contributed by atoms with E-state index in [1.54, 1.807) is 7.11 Å². The van der Waals surface area contributed by atoms with Gasteiger partial charge in [0.25, 0.3) is 0 Å². The number of benzene rings is 2. The Morgan fingerprint density at radius 2 is 1.91 bits per heavy atom. The first-order chi connectivity index (χ1) is 17.2. The SMILES string of the molecule is CCC1CN2CC[C@@H]1C[C@@H]2[C@@H](Oc1nnc(C)c2ccccc12)c1ccnc2ccc(OC)cc12. The van der Waals surface area contributed by atoms with Crippen LogP contribution in [0.15, 0.2) is 54.7 Å². The molecule has 2 aromatic carbocycles. The van der Waals surface area contributed by atoms with Crippen LogP contribution in [0.5, 0.6) is 11.6 Å². The standard InChI is InChI=1S/C29H32N4O2/c1-4-19-17-33-14-12-20(19)15-27(33)28(23-11-13-30-26-10-9-21(34-3)16-25(23)26)35-29-24-8-6-5-7-22(24)18(2)31-32-29/h5-11,13,16,19-20,27-28H,4,12,14-15,17H2,1-3H3/t19?,20-,27-,28+/m1/s1. The molecule has 0 N–H and O–H groups in total. The van der Waals surface area contributed by atoms with Crippen LogP contribution in [-0.2, 0) is 0 Å². The fraction of sp³-hybridized carbons (Fsp3) is 0.414. The van der Waals surface area contributed by atoms with Gasteiger partial charge in [0.05, 0.1) is 24.4 Å². The average molecular weight is 469 g/mol. The number of piperidine rings is 3. The van der Waals surface area contributed by atoms with Crippen LogP contribution in [-0.4, -0.2) is 46.3 Å². The predicted octanol–water partition coefficient (Wildman–Crippen LogP) is 5.74. The lowest BCUT2D eigenvalue weighted by atomic mass is 9.72. The van der Waals surface area contributed by atoms with E-state index in [9.17, 15) is 0 Å². The molecule has 0 aliphatic carbocycles. The van der Waals surface area contributed by atoms with Gasteiger partial charge >= 0.3 is 0 Å². The van der Waals surface area contributed by atoms with Crippen molar-refractivity contribution in [3.05, 3.63) is 66.0 Å². The van der Waals surface area contributed by atoms with Crippen LogP contribution in [0, 0.1) is 18.8 Å². The molecule has 3 fully saturated rings. The number of pyridine rings is 1. The number of fused-ring (bicyclic) bond motifs is 5. The molecule has 6 nitrogen and oxygen atoms in total. The lowest BCUT2D eigenvalue weighted by Gasteiger charge is -2.51. The fourth-order valence-electron chi connectivity index (χ4n) is 6.25. The van der Waals surface area contributed by atoms with Gasteiger partial charge in [0.2, 0.25) is 5.88 Å². The van der Waals surface area contributed by atoms with E-state index in [-0.39, 0.29) is 12.1 Å². The van der Waals surface area contributed by atoms with E-state index in [0.717, 1.165) is 70.0 Å². The maximum absolute atomic E-state index is 6.93. The summed E-state index contributed by atoms with van der Waals surface area (Å²) in [6.07, 6.45) is 5.36. The molecule has 2 unspecified atom stereocenters. The molecule has 0 amide bonds. The molecule has 5 atom stereocenters. The van der Waals surface area contributed by atoms with Crippen LogP contribution in [0.4, 0.5) is 0 Å². The molecule has 0 radical (unpaired) electrons. The Morgan fingerprint density at radius 3 is 2.69 bits per heavy atom. The van der Waals surface area contributed by atoms with Crippen molar-refractivity contribution in [2.45, 2.75) is 45.3 Å². The second kappa shape index (κ2) is 9.08. The maximum Gasteiger partial charge on any atom is 0.242 e. The lowest BCUT2D eigenvalue weighted by Crippen LogP contribution is -2.56. The largest absolute Gasteiger partial charge is 0.497 e. The van der Waals surface area contributed by atoms with E-state index in [2.05, 4.69) is 51.3 Å². The summed E-state index contributed by atoms with van der Waals surface area (Å²) >= 11 is 0. The summed E-state index contributed by atoms with van der Waals surface area (Å²) in [5, 5.41) is 12.1. The summed E-state index contributed by atoms with van der Waals surface area (Å²) in [5.41, 5.74) is 2.99. The van der Waals surface area contributed by atoms with Gasteiger partial charge in [-0.05, 0) is 68.5 Å². The Labute approximate surface area is 206 Å². The first-order valence-electron chi connectivity index (χ1n) is 12.7. The smallest absolute Gasteiger partial charge is 0.242 e. The zero-order chi connectivity index (χ0) is 23.9. The van der Waals surface area contributed by atoms with Crippen LogP contribution >= 0.6 is 0 Å². The monoisotopic (exact) mass is 468 g/mol. The van der Waals surface area contributed by atoms with Crippen LogP contribution in [0.25, 0.3) is 21.7 Å². The van der Waals surface area contributed by atoms with E-state index in [1.165, 1.54) is 12.8 Å². The number of hydrogen-bond donors (Lipinski definition) is 0. The van der Waals surface area contributed by atoms with Crippen LogP contribution in [0.3, 0.4) is 0 Å². The molecule has 3 saturated heterocycles. The number of methoxy groups -OCH3 is 1. The number of nitrogens with zero attached hydrogens (tertiary/aromatic N) is 4. The molecular formula is C29H32N4O2. The van der Waals surface area contributed by atoms with Gasteiger partial charge in [0.1, 0.15) is 11.9 Å². The highest BCUT2D eigenvalue weighted by molar-refractivity contribution is 5.88. The van der Waals surface area contributed by atoms with Gasteiger partial charge < -0.3 is 9.47 Å². The minimum absolute atomic E-state index is 0.186. The summed E-state index contributed by atoms with van der Waals surface area (Å²) < 4.78 is 12.5. The molecule has 3 aliphatic heterocycles. The second-order valence-corrected chi connectivity index (χ2v) is 9.97. The molecule has 5 heterocycles. The van der Waals surface area contributed by atoms with Crippen LogP contribution < -0.4 is 9.47 Å². The first-order valence-corrected chi connectivity index (χ1v) is 12.7. The molecule has 2 aromatic heterocycles. The van der Waals surface area contributed by atoms with E-state index in [4.69, 9.17) is 9.47 Å². The third-order valence-electron chi connectivity index (χ3n) is 8.18. The van der Waals surface area contributed by atoms with Crippen molar-refractivity contribution >= 4 is 21.7 Å². The van der Waals surface area contributed by atoms with E-state index in [1.807, 2.05) is 37.4 Å². The van der Waals surface area contributed by atoms with E-state index in [0.29, 0.717) is 5.88 Å². The summed E-state index contributed by atoms with van der Waals surface area (Å²) in [6.45, 7) is 6.58. The van der Waals surface area contributed by atoms with Gasteiger partial charge in [0.15, 0.2) is 0 Å². The number of aryl methyl sites for hydroxylation is 1. The molecular weight excluding hydrogens is 436 g/mol. The Morgan fingerprint density at radius 1 is 1.06 bits per heavy atom. The Kier molecular flexibility index (Phi) is 5.77. The molecule has 0 saturated carbocycles. The molecule has 6 heteroatoms. The van der Waals surface area contributed by atoms with Gasteiger partial charge in [-0.25, -0.2) is 0 Å². The Hall–Kier alpha value is -3.25. The highest BCUT2D eigenvalue weighted by Crippen LogP contribution is 2.44. The van der Waals surface area contributed by atoms with Crippen molar-refractivity contribution in [1.29, 1.82) is 0 Å². The fourth-order valence-corrected chi connectivity index (χ4v) is 6.25. The van der Waals surface area contributed by atoms with Gasteiger partial charge in [-0.2, -0.15) is 5.10 Å². The van der Waals surface area contributed by atoms with E-state index < -0.39 is 0 Å². The Balaban J connectivity index is 1.49. The molecule has 180 valence electrons. The quantitative estimate of drug-likeness (QED) is 0.360. The van der Waals surface area contributed by atoms with Gasteiger partial charge in [0, 0.05) is 34.5 Å². The van der Waals surface area contributed by atoms with Gasteiger partial charge in [-0.3, -0.25) is 9.88 Å². The predicted molar refractivity (Wildman–Crippen MR) is 138 cm³/mol. The minimum atomic E-state index is -0.186. The molecule has 0 spiro atoms. The number of aromatic nitrogens is 3. The normalized spacial score (nSPS) is 24.5. The van der Waals surface area contributed by atoms with Crippen molar-refractivity contribution in [3.8, 4) is 11.6 Å². The van der Waals surface area contributed by atoms with E-state index >= 15 is 0 Å². The third kappa shape index (κ3) is 3.90. The van der Waals surface area contributed by atoms with Gasteiger partial charge in [-0.15, -0.1) is 5.10 Å². The van der Waals surface area contributed by atoms with Crippen LogP contribution in [0.2, 0.25) is 0 Å². The molecule has 3 aliphatic rings. The maximum atomic E-state index is 6.93. The highest BCUT2D eigenvalue weighted by atomic mass is 16.5. The Bertz CT molecular complexity index is 1370. The molecule has 35 heavy (non-hydrogen) atoms. The molecule has 7 rings (SSSR count). The van der Waals surface area contributed by atoms with Gasteiger partial charge in [-0.1, -0.05) is 31.5 Å². The third-order valence-corrected chi connectivity index (χ3v) is 8.18. The molecule has 4 aromatic rings. The zero-order valence-corrected chi connectivity index (χ0v) is 20.6.